The topological polar surface area (TPSA) is 34.1 Å². The van der Waals surface area contributed by atoms with Crippen LogP contribution in [0.4, 0.5) is 0 Å². The molecule has 0 aliphatic carbocycles. The molecule has 0 aliphatic heterocycles. The van der Waals surface area contributed by atoms with E-state index in [-0.39, 0.29) is 6.04 Å². The Kier molecular flexibility index (Phi) is 6.49. The van der Waals surface area contributed by atoms with E-state index in [4.69, 9.17) is 16.3 Å². The summed E-state index contributed by atoms with van der Waals surface area (Å²) in [5, 5.41) is 4.14. The van der Waals surface area contributed by atoms with Gasteiger partial charge in [0.05, 0.1) is 0 Å². The van der Waals surface area contributed by atoms with Crippen molar-refractivity contribution in [2.24, 2.45) is 0 Å². The molecule has 0 spiro atoms. The van der Waals surface area contributed by atoms with Gasteiger partial charge in [-0.2, -0.15) is 0 Å². The maximum Gasteiger partial charge on any atom is 0.119 e. The zero-order valence-corrected chi connectivity index (χ0v) is 14.2. The third kappa shape index (κ3) is 5.65. The standard InChI is InChI=1S/C16H18BrClN2O/c1-2-19-15(9-14-6-3-12(17)10-20-14)11-21-16-7-4-13(18)5-8-16/h3-8,10,15,19H,2,9,11H2,1H3. The zero-order valence-electron chi connectivity index (χ0n) is 11.9. The van der Waals surface area contributed by atoms with Gasteiger partial charge in [-0.15, -0.1) is 0 Å². The molecule has 1 aromatic heterocycles. The van der Waals surface area contributed by atoms with Crippen LogP contribution in [0.25, 0.3) is 0 Å². The van der Waals surface area contributed by atoms with Gasteiger partial charge >= 0.3 is 0 Å². The largest absolute Gasteiger partial charge is 0.492 e. The number of aromatic nitrogens is 1. The lowest BCUT2D eigenvalue weighted by molar-refractivity contribution is 0.264. The van der Waals surface area contributed by atoms with E-state index in [1.807, 2.05) is 42.6 Å². The molecule has 1 heterocycles. The lowest BCUT2D eigenvalue weighted by Crippen LogP contribution is -2.36. The Hall–Kier alpha value is -1.10. The van der Waals surface area contributed by atoms with Crippen LogP contribution in [0.1, 0.15) is 12.6 Å². The Labute approximate surface area is 138 Å². The van der Waals surface area contributed by atoms with Crippen LogP contribution in [0.15, 0.2) is 47.1 Å². The molecule has 0 bridgehead atoms. The number of rotatable bonds is 7. The van der Waals surface area contributed by atoms with Gasteiger partial charge in [-0.25, -0.2) is 0 Å². The fourth-order valence-corrected chi connectivity index (χ4v) is 2.35. The van der Waals surface area contributed by atoms with Gasteiger partial charge in [0.25, 0.3) is 0 Å². The number of nitrogens with one attached hydrogen (secondary N) is 1. The van der Waals surface area contributed by atoms with Gasteiger partial charge in [-0.3, -0.25) is 4.98 Å². The Morgan fingerprint density at radius 3 is 2.62 bits per heavy atom. The fourth-order valence-electron chi connectivity index (χ4n) is 1.99. The van der Waals surface area contributed by atoms with Crippen LogP contribution < -0.4 is 10.1 Å². The zero-order chi connectivity index (χ0) is 15.1. The van der Waals surface area contributed by atoms with Gasteiger partial charge in [-0.05, 0) is 58.9 Å². The van der Waals surface area contributed by atoms with E-state index in [0.717, 1.165) is 28.9 Å². The number of likely N-dealkylation sites (N-methyl/N-ethyl adjacent to an activating group) is 1. The van der Waals surface area contributed by atoms with E-state index < -0.39 is 0 Å². The summed E-state index contributed by atoms with van der Waals surface area (Å²) in [4.78, 5) is 4.41. The maximum absolute atomic E-state index is 5.86. The predicted octanol–water partition coefficient (Wildman–Crippen LogP) is 4.10. The second-order valence-corrected chi connectivity index (χ2v) is 6.04. The highest BCUT2D eigenvalue weighted by Crippen LogP contribution is 2.16. The van der Waals surface area contributed by atoms with E-state index in [2.05, 4.69) is 33.2 Å². The highest BCUT2D eigenvalue weighted by Gasteiger charge is 2.10. The van der Waals surface area contributed by atoms with Gasteiger partial charge in [0.1, 0.15) is 12.4 Å². The van der Waals surface area contributed by atoms with E-state index >= 15 is 0 Å². The van der Waals surface area contributed by atoms with Crippen LogP contribution in [0.2, 0.25) is 5.02 Å². The molecule has 0 amide bonds. The number of benzene rings is 1. The normalized spacial score (nSPS) is 12.1. The third-order valence-corrected chi connectivity index (χ3v) is 3.72. The molecular weight excluding hydrogens is 352 g/mol. The highest BCUT2D eigenvalue weighted by molar-refractivity contribution is 9.10. The SMILES string of the molecule is CCNC(COc1ccc(Cl)cc1)Cc1ccc(Br)cn1. The molecule has 3 nitrogen and oxygen atoms in total. The Bertz CT molecular complexity index is 545. The van der Waals surface area contributed by atoms with E-state index in [1.54, 1.807) is 0 Å². The summed E-state index contributed by atoms with van der Waals surface area (Å²) in [6.45, 7) is 3.57. The monoisotopic (exact) mass is 368 g/mol. The van der Waals surface area contributed by atoms with Crippen molar-refractivity contribution >= 4 is 27.5 Å². The molecule has 112 valence electrons. The van der Waals surface area contributed by atoms with Gasteiger partial charge in [0.15, 0.2) is 0 Å². The number of hydrogen-bond acceptors (Lipinski definition) is 3. The van der Waals surface area contributed by atoms with Crippen molar-refractivity contribution in [2.75, 3.05) is 13.2 Å². The molecule has 21 heavy (non-hydrogen) atoms. The van der Waals surface area contributed by atoms with Gasteiger partial charge in [-0.1, -0.05) is 18.5 Å². The lowest BCUT2D eigenvalue weighted by Gasteiger charge is -2.18. The number of halogens is 2. The summed E-state index contributed by atoms with van der Waals surface area (Å²) < 4.78 is 6.80. The second-order valence-electron chi connectivity index (χ2n) is 4.69. The summed E-state index contributed by atoms with van der Waals surface area (Å²) in [6.07, 6.45) is 2.65. The van der Waals surface area contributed by atoms with Crippen LogP contribution in [-0.4, -0.2) is 24.2 Å². The maximum atomic E-state index is 5.86. The van der Waals surface area contributed by atoms with Gasteiger partial charge < -0.3 is 10.1 Å². The molecular formula is C16H18BrClN2O. The van der Waals surface area contributed by atoms with Crippen molar-refractivity contribution in [1.82, 2.24) is 10.3 Å². The van der Waals surface area contributed by atoms with E-state index in [9.17, 15) is 0 Å². The molecule has 1 N–H and O–H groups in total. The van der Waals surface area contributed by atoms with Gasteiger partial charge in [0.2, 0.25) is 0 Å². The minimum Gasteiger partial charge on any atom is -0.492 e. The fraction of sp³-hybridized carbons (Fsp3) is 0.312. The van der Waals surface area contributed by atoms with Crippen molar-refractivity contribution < 1.29 is 4.74 Å². The first-order chi connectivity index (χ1) is 10.2. The molecule has 0 saturated heterocycles. The molecule has 5 heteroatoms. The van der Waals surface area contributed by atoms with Crippen LogP contribution in [0.3, 0.4) is 0 Å². The van der Waals surface area contributed by atoms with E-state index in [0.29, 0.717) is 11.6 Å². The molecule has 1 atom stereocenters. The number of nitrogens with zero attached hydrogens (tertiary/aromatic N) is 1. The molecule has 0 fully saturated rings. The van der Waals surface area contributed by atoms with Crippen molar-refractivity contribution in [3.8, 4) is 5.75 Å². The van der Waals surface area contributed by atoms with Gasteiger partial charge in [0, 0.05) is 33.8 Å². The number of ether oxygens (including phenoxy) is 1. The molecule has 0 saturated carbocycles. The van der Waals surface area contributed by atoms with Crippen molar-refractivity contribution in [2.45, 2.75) is 19.4 Å². The summed E-state index contributed by atoms with van der Waals surface area (Å²) in [6, 6.07) is 11.7. The smallest absolute Gasteiger partial charge is 0.119 e. The average molecular weight is 370 g/mol. The van der Waals surface area contributed by atoms with Crippen molar-refractivity contribution in [3.63, 3.8) is 0 Å². The summed E-state index contributed by atoms with van der Waals surface area (Å²) in [5.74, 6) is 0.825. The second kappa shape index (κ2) is 8.37. The Balaban J connectivity index is 1.92. The first-order valence-corrected chi connectivity index (χ1v) is 8.06. The number of hydrogen-bond donors (Lipinski definition) is 1. The predicted molar refractivity (Wildman–Crippen MR) is 90.1 cm³/mol. The minimum absolute atomic E-state index is 0.222. The van der Waals surface area contributed by atoms with Crippen LogP contribution >= 0.6 is 27.5 Å². The minimum atomic E-state index is 0.222. The van der Waals surface area contributed by atoms with Crippen molar-refractivity contribution in [3.05, 3.63) is 57.8 Å². The highest BCUT2D eigenvalue weighted by atomic mass is 79.9. The first-order valence-electron chi connectivity index (χ1n) is 6.89. The van der Waals surface area contributed by atoms with Crippen molar-refractivity contribution in [1.29, 1.82) is 0 Å². The third-order valence-electron chi connectivity index (χ3n) is 3.00. The molecule has 0 aliphatic rings. The lowest BCUT2D eigenvalue weighted by atomic mass is 10.1. The molecule has 1 unspecified atom stereocenters. The summed E-state index contributed by atoms with van der Waals surface area (Å²) in [5.41, 5.74) is 1.05. The Morgan fingerprint density at radius 1 is 1.24 bits per heavy atom. The van der Waals surface area contributed by atoms with E-state index in [1.165, 1.54) is 0 Å². The molecule has 2 aromatic rings. The molecule has 0 radical (unpaired) electrons. The molecule has 2 rings (SSSR count). The quantitative estimate of drug-likeness (QED) is 0.798. The molecule has 1 aromatic carbocycles. The van der Waals surface area contributed by atoms with Crippen LogP contribution in [-0.2, 0) is 6.42 Å². The first kappa shape index (κ1) is 16.3. The average Bonchev–Trinajstić information content (AvgIpc) is 2.49. The van der Waals surface area contributed by atoms with Crippen LogP contribution in [0.5, 0.6) is 5.75 Å². The van der Waals surface area contributed by atoms with Crippen LogP contribution in [0, 0.1) is 0 Å². The summed E-state index contributed by atoms with van der Waals surface area (Å²) in [7, 11) is 0. The summed E-state index contributed by atoms with van der Waals surface area (Å²) >= 11 is 9.26. The Morgan fingerprint density at radius 2 is 2.00 bits per heavy atom. The number of pyridine rings is 1.